The summed E-state index contributed by atoms with van der Waals surface area (Å²) >= 11 is 0. The van der Waals surface area contributed by atoms with Gasteiger partial charge in [0.25, 0.3) is 0 Å². The Morgan fingerprint density at radius 1 is 1.23 bits per heavy atom. The van der Waals surface area contributed by atoms with Crippen LogP contribution in [0.25, 0.3) is 0 Å². The Hall–Kier alpha value is -1.39. The Morgan fingerprint density at radius 3 is 2.31 bits per heavy atom. The van der Waals surface area contributed by atoms with Gasteiger partial charge in [-0.2, -0.15) is 0 Å². The number of rotatable bonds is 6. The Morgan fingerprint density at radius 2 is 1.85 bits per heavy atom. The third-order valence-electron chi connectivity index (χ3n) is 1.26. The number of carboxylic acid groups (broad SMARTS) is 1. The molecule has 0 heterocycles. The van der Waals surface area contributed by atoms with Crippen molar-refractivity contribution in [3.05, 3.63) is 0 Å². The van der Waals surface area contributed by atoms with E-state index in [4.69, 9.17) is 5.11 Å². The van der Waals surface area contributed by atoms with Gasteiger partial charge >= 0.3 is 11.9 Å². The Labute approximate surface area is 75.7 Å². The van der Waals surface area contributed by atoms with Crippen LogP contribution in [0.4, 0.5) is 0 Å². The van der Waals surface area contributed by atoms with Gasteiger partial charge in [-0.3, -0.25) is 14.4 Å². The molecule has 74 valence electrons. The van der Waals surface area contributed by atoms with Gasteiger partial charge in [0.05, 0.1) is 13.0 Å². The van der Waals surface area contributed by atoms with Crippen molar-refractivity contribution < 1.29 is 24.2 Å². The highest BCUT2D eigenvalue weighted by molar-refractivity contribution is 5.96. The molecule has 0 amide bonds. The summed E-state index contributed by atoms with van der Waals surface area (Å²) in [5.74, 6) is -2.05. The largest absolute Gasteiger partial charge is 0.481 e. The topological polar surface area (TPSA) is 80.7 Å². The number of ether oxygens (including phenoxy) is 1. The second-order valence-corrected chi connectivity index (χ2v) is 2.41. The number of carboxylic acids is 1. The maximum absolute atomic E-state index is 10.9. The molecule has 0 aromatic carbocycles. The maximum Gasteiger partial charge on any atom is 0.313 e. The van der Waals surface area contributed by atoms with Crippen LogP contribution in [0.2, 0.25) is 0 Å². The van der Waals surface area contributed by atoms with Crippen LogP contribution in [0.1, 0.15) is 26.2 Å². The SMILES string of the molecule is CCOC(=O)CC(=O)C[13CH2]C(=O)O. The fourth-order valence-electron chi connectivity index (χ4n) is 0.708. The summed E-state index contributed by atoms with van der Waals surface area (Å²) < 4.78 is 4.51. The average Bonchev–Trinajstić information content (AvgIpc) is 2.01. The van der Waals surface area contributed by atoms with Gasteiger partial charge in [-0.05, 0) is 6.92 Å². The highest BCUT2D eigenvalue weighted by Gasteiger charge is 2.11. The van der Waals surface area contributed by atoms with Crippen LogP contribution >= 0.6 is 0 Å². The van der Waals surface area contributed by atoms with Gasteiger partial charge in [-0.15, -0.1) is 0 Å². The van der Waals surface area contributed by atoms with Gasteiger partial charge < -0.3 is 9.84 Å². The molecule has 0 atom stereocenters. The third kappa shape index (κ3) is 6.99. The van der Waals surface area contributed by atoms with E-state index in [9.17, 15) is 14.4 Å². The number of aliphatic carboxylic acids is 1. The van der Waals surface area contributed by atoms with Gasteiger partial charge in [0, 0.05) is 6.42 Å². The average molecular weight is 189 g/mol. The number of hydrogen-bond acceptors (Lipinski definition) is 4. The first kappa shape index (κ1) is 11.6. The molecule has 0 spiro atoms. The van der Waals surface area contributed by atoms with E-state index in [1.165, 1.54) is 0 Å². The number of Topliss-reactive ketones (excluding diaryl/α,β-unsaturated/α-hetero) is 1. The summed E-state index contributed by atoms with van der Waals surface area (Å²) in [6.07, 6.45) is -0.687. The molecule has 0 aliphatic rings. The lowest BCUT2D eigenvalue weighted by molar-refractivity contribution is -0.146. The van der Waals surface area contributed by atoms with Crippen molar-refractivity contribution in [2.75, 3.05) is 6.61 Å². The zero-order chi connectivity index (χ0) is 10.3. The first-order chi connectivity index (χ1) is 6.06. The van der Waals surface area contributed by atoms with Crippen LogP contribution < -0.4 is 0 Å². The van der Waals surface area contributed by atoms with Crippen LogP contribution in [-0.2, 0) is 19.1 Å². The van der Waals surface area contributed by atoms with Crippen LogP contribution in [0, 0.1) is 0 Å². The van der Waals surface area contributed by atoms with Gasteiger partial charge in [-0.1, -0.05) is 0 Å². The molecule has 0 bridgehead atoms. The van der Waals surface area contributed by atoms with E-state index < -0.39 is 17.7 Å². The van der Waals surface area contributed by atoms with E-state index in [1.54, 1.807) is 6.92 Å². The number of carbonyl (C=O) groups excluding carboxylic acids is 2. The minimum atomic E-state index is -1.04. The van der Waals surface area contributed by atoms with E-state index in [2.05, 4.69) is 4.74 Å². The zero-order valence-corrected chi connectivity index (χ0v) is 7.41. The van der Waals surface area contributed by atoms with E-state index in [0.717, 1.165) is 0 Å². The molecule has 0 saturated heterocycles. The van der Waals surface area contributed by atoms with E-state index >= 15 is 0 Å². The quantitative estimate of drug-likeness (QED) is 0.371. The van der Waals surface area contributed by atoms with Gasteiger partial charge in [-0.25, -0.2) is 0 Å². The molecule has 5 nitrogen and oxygen atoms in total. The number of ketones is 1. The molecule has 0 rings (SSSR count). The molecule has 0 aliphatic heterocycles. The molecule has 0 aromatic heterocycles. The second kappa shape index (κ2) is 6.16. The number of hydrogen-bond donors (Lipinski definition) is 1. The van der Waals surface area contributed by atoms with Crippen LogP contribution in [0.15, 0.2) is 0 Å². The molecular weight excluding hydrogens is 177 g/mol. The minimum Gasteiger partial charge on any atom is -0.481 e. The summed E-state index contributed by atoms with van der Waals surface area (Å²) in [7, 11) is 0. The number of carbonyl (C=O) groups is 3. The monoisotopic (exact) mass is 189 g/mol. The minimum absolute atomic E-state index is 0.117. The maximum atomic E-state index is 10.9. The van der Waals surface area contributed by atoms with Crippen molar-refractivity contribution in [1.82, 2.24) is 0 Å². The van der Waals surface area contributed by atoms with Crippen LogP contribution in [-0.4, -0.2) is 29.4 Å². The lowest BCUT2D eigenvalue weighted by Crippen LogP contribution is -2.12. The molecule has 0 aromatic rings. The first-order valence-corrected chi connectivity index (χ1v) is 3.95. The van der Waals surface area contributed by atoms with Crippen molar-refractivity contribution in [2.45, 2.75) is 26.2 Å². The van der Waals surface area contributed by atoms with Crippen molar-refractivity contribution in [3.8, 4) is 0 Å². The summed E-state index contributed by atoms with van der Waals surface area (Å²) in [6, 6.07) is 0. The van der Waals surface area contributed by atoms with E-state index in [1.807, 2.05) is 0 Å². The predicted octanol–water partition coefficient (Wildman–Crippen LogP) is 0.374. The molecule has 0 unspecified atom stereocenters. The van der Waals surface area contributed by atoms with Gasteiger partial charge in [0.2, 0.25) is 0 Å². The molecule has 1 N–H and O–H groups in total. The van der Waals surface area contributed by atoms with Crippen molar-refractivity contribution in [3.63, 3.8) is 0 Å². The lowest BCUT2D eigenvalue weighted by Gasteiger charge is -1.99. The Bertz CT molecular complexity index is 209. The molecule has 0 fully saturated rings. The van der Waals surface area contributed by atoms with Crippen LogP contribution in [0.3, 0.4) is 0 Å². The molecule has 0 aliphatic carbocycles. The highest BCUT2D eigenvalue weighted by Crippen LogP contribution is 1.97. The summed E-state index contributed by atoms with van der Waals surface area (Å²) in [5.41, 5.74) is 0. The van der Waals surface area contributed by atoms with Crippen molar-refractivity contribution in [2.24, 2.45) is 0 Å². The first-order valence-electron chi connectivity index (χ1n) is 3.95. The smallest absolute Gasteiger partial charge is 0.313 e. The van der Waals surface area contributed by atoms with E-state index in [0.29, 0.717) is 0 Å². The third-order valence-corrected chi connectivity index (χ3v) is 1.26. The molecule has 13 heavy (non-hydrogen) atoms. The summed E-state index contributed by atoms with van der Waals surface area (Å²) in [6.45, 7) is 1.87. The zero-order valence-electron chi connectivity index (χ0n) is 7.41. The highest BCUT2D eigenvalue weighted by atomic mass is 16.5. The van der Waals surface area contributed by atoms with E-state index in [-0.39, 0.29) is 25.9 Å². The normalized spacial score (nSPS) is 9.31. The molecule has 0 saturated carbocycles. The Balaban J connectivity index is 3.62. The van der Waals surface area contributed by atoms with Crippen LogP contribution in [0.5, 0.6) is 0 Å². The Kier molecular flexibility index (Phi) is 5.50. The fraction of sp³-hybridized carbons (Fsp3) is 0.625. The van der Waals surface area contributed by atoms with Gasteiger partial charge in [0.1, 0.15) is 12.2 Å². The molecular formula is C8H12O5. The van der Waals surface area contributed by atoms with Crippen molar-refractivity contribution in [1.29, 1.82) is 0 Å². The molecule has 0 radical (unpaired) electrons. The predicted molar refractivity (Wildman–Crippen MR) is 43.1 cm³/mol. The summed E-state index contributed by atoms with van der Waals surface area (Å²) in [5, 5.41) is 8.23. The second-order valence-electron chi connectivity index (χ2n) is 2.41. The summed E-state index contributed by atoms with van der Waals surface area (Å²) in [4.78, 5) is 31.6. The van der Waals surface area contributed by atoms with Crippen molar-refractivity contribution >= 4 is 17.7 Å². The molecule has 5 heteroatoms. The lowest BCUT2D eigenvalue weighted by atomic mass is 10.2. The number of esters is 1. The standard InChI is InChI=1S/C8H12O5/c1-2-13-8(12)5-6(9)3-4-7(10)11/h2-5H2,1H3,(H,10,11)/i4+1. The van der Waals surface area contributed by atoms with Gasteiger partial charge in [0.15, 0.2) is 0 Å². The fourth-order valence-corrected chi connectivity index (χ4v) is 0.708.